The van der Waals surface area contributed by atoms with Crippen molar-refractivity contribution in [3.05, 3.63) is 53.1 Å². The molecule has 0 saturated carbocycles. The van der Waals surface area contributed by atoms with Crippen molar-refractivity contribution in [3.63, 3.8) is 0 Å². The quantitative estimate of drug-likeness (QED) is 0.799. The van der Waals surface area contributed by atoms with E-state index in [1.807, 2.05) is 7.05 Å². The maximum atomic E-state index is 12.8. The molecule has 2 aromatic rings. The molecule has 9 heteroatoms. The second kappa shape index (κ2) is 8.38. The van der Waals surface area contributed by atoms with Crippen LogP contribution in [0, 0.1) is 0 Å². The van der Waals surface area contributed by atoms with E-state index in [0.717, 1.165) is 13.1 Å². The summed E-state index contributed by atoms with van der Waals surface area (Å²) < 4.78 is 33.1. The number of nitrogens with one attached hydrogen (secondary N) is 1. The number of sulfonamides is 1. The fourth-order valence-electron chi connectivity index (χ4n) is 2.93. The Balaban J connectivity index is 1.87. The first-order valence-electron chi connectivity index (χ1n) is 8.74. The van der Waals surface area contributed by atoms with Crippen molar-refractivity contribution in [3.8, 4) is 5.75 Å². The van der Waals surface area contributed by atoms with Crippen LogP contribution < -0.4 is 9.46 Å². The van der Waals surface area contributed by atoms with Gasteiger partial charge in [0, 0.05) is 36.8 Å². The van der Waals surface area contributed by atoms with Crippen molar-refractivity contribution in [2.75, 3.05) is 45.1 Å². The summed E-state index contributed by atoms with van der Waals surface area (Å²) in [4.78, 5) is 16.8. The van der Waals surface area contributed by atoms with Crippen LogP contribution in [0.2, 0.25) is 5.02 Å². The van der Waals surface area contributed by atoms with Gasteiger partial charge in [-0.1, -0.05) is 11.6 Å². The number of likely N-dealkylation sites (N-methyl/N-ethyl adjacent to an activating group) is 1. The highest BCUT2D eigenvalue weighted by atomic mass is 35.5. The average molecular weight is 424 g/mol. The topological polar surface area (TPSA) is 79.0 Å². The van der Waals surface area contributed by atoms with Gasteiger partial charge in [-0.25, -0.2) is 8.42 Å². The van der Waals surface area contributed by atoms with E-state index in [-0.39, 0.29) is 16.5 Å². The van der Waals surface area contributed by atoms with Crippen LogP contribution >= 0.6 is 11.6 Å². The predicted octanol–water partition coefficient (Wildman–Crippen LogP) is 2.54. The summed E-state index contributed by atoms with van der Waals surface area (Å²) in [5.74, 6) is 0.190. The number of amides is 1. The monoisotopic (exact) mass is 423 g/mol. The van der Waals surface area contributed by atoms with E-state index in [1.165, 1.54) is 37.4 Å². The number of carbonyl (C=O) groups is 1. The van der Waals surface area contributed by atoms with Crippen LogP contribution in [0.3, 0.4) is 0 Å². The summed E-state index contributed by atoms with van der Waals surface area (Å²) >= 11 is 5.83. The molecule has 1 N–H and O–H groups in total. The summed E-state index contributed by atoms with van der Waals surface area (Å²) in [6.45, 7) is 2.87. The number of rotatable bonds is 5. The number of benzene rings is 2. The van der Waals surface area contributed by atoms with Gasteiger partial charge in [0.05, 0.1) is 17.7 Å². The third-order valence-corrected chi connectivity index (χ3v) is 6.24. The summed E-state index contributed by atoms with van der Waals surface area (Å²) in [5, 5.41) is 0.441. The first kappa shape index (κ1) is 20.4. The normalized spacial score (nSPS) is 15.3. The van der Waals surface area contributed by atoms with Gasteiger partial charge in [-0.2, -0.15) is 0 Å². The number of piperazine rings is 1. The fraction of sp³-hybridized carbons (Fsp3) is 0.316. The zero-order chi connectivity index (χ0) is 20.3. The lowest BCUT2D eigenvalue weighted by Gasteiger charge is -2.32. The van der Waals surface area contributed by atoms with E-state index in [2.05, 4.69) is 9.62 Å². The van der Waals surface area contributed by atoms with Gasteiger partial charge in [-0.05, 0) is 49.5 Å². The third kappa shape index (κ3) is 4.57. The molecule has 0 aliphatic carbocycles. The Labute approximate surface area is 169 Å². The molecule has 1 fully saturated rings. The second-order valence-electron chi connectivity index (χ2n) is 6.57. The van der Waals surface area contributed by atoms with Crippen LogP contribution in [0.25, 0.3) is 0 Å². The molecule has 3 rings (SSSR count). The SMILES string of the molecule is COc1ccc(C(=O)N2CCN(C)CC2)cc1NS(=O)(=O)c1ccc(Cl)cc1. The van der Waals surface area contributed by atoms with Crippen molar-refractivity contribution in [1.82, 2.24) is 9.80 Å². The smallest absolute Gasteiger partial charge is 0.262 e. The van der Waals surface area contributed by atoms with Crippen LogP contribution in [-0.2, 0) is 10.0 Å². The molecule has 1 heterocycles. The fourth-order valence-corrected chi connectivity index (χ4v) is 4.12. The molecular formula is C19H22ClN3O4S. The Hall–Kier alpha value is -2.29. The van der Waals surface area contributed by atoms with E-state index in [0.29, 0.717) is 29.4 Å². The lowest BCUT2D eigenvalue weighted by Crippen LogP contribution is -2.47. The van der Waals surface area contributed by atoms with Crippen molar-refractivity contribution >= 4 is 33.2 Å². The van der Waals surface area contributed by atoms with Gasteiger partial charge < -0.3 is 14.5 Å². The largest absolute Gasteiger partial charge is 0.495 e. The van der Waals surface area contributed by atoms with Crippen molar-refractivity contribution in [2.24, 2.45) is 0 Å². The van der Waals surface area contributed by atoms with Gasteiger partial charge in [0.1, 0.15) is 5.75 Å². The van der Waals surface area contributed by atoms with Crippen LogP contribution in [0.1, 0.15) is 10.4 Å². The van der Waals surface area contributed by atoms with Gasteiger partial charge in [0.25, 0.3) is 15.9 Å². The Kier molecular flexibility index (Phi) is 6.12. The minimum atomic E-state index is -3.86. The number of ether oxygens (including phenoxy) is 1. The lowest BCUT2D eigenvalue weighted by atomic mass is 10.1. The van der Waals surface area contributed by atoms with Gasteiger partial charge in [-0.3, -0.25) is 9.52 Å². The minimum absolute atomic E-state index is 0.0646. The van der Waals surface area contributed by atoms with Gasteiger partial charge in [0.2, 0.25) is 0 Å². The molecule has 0 atom stereocenters. The van der Waals surface area contributed by atoms with Gasteiger partial charge >= 0.3 is 0 Å². The molecular weight excluding hydrogens is 402 g/mol. The molecule has 0 spiro atoms. The molecule has 0 bridgehead atoms. The molecule has 0 radical (unpaired) electrons. The Bertz CT molecular complexity index is 956. The first-order chi connectivity index (χ1) is 13.3. The van der Waals surface area contributed by atoms with E-state index in [4.69, 9.17) is 16.3 Å². The zero-order valence-corrected chi connectivity index (χ0v) is 17.3. The highest BCUT2D eigenvalue weighted by Gasteiger charge is 2.23. The number of halogens is 1. The molecule has 1 aliphatic heterocycles. The highest BCUT2D eigenvalue weighted by molar-refractivity contribution is 7.92. The number of hydrogen-bond acceptors (Lipinski definition) is 5. The second-order valence-corrected chi connectivity index (χ2v) is 8.69. The number of hydrogen-bond donors (Lipinski definition) is 1. The zero-order valence-electron chi connectivity index (χ0n) is 15.7. The number of carbonyl (C=O) groups excluding carboxylic acids is 1. The number of methoxy groups -OCH3 is 1. The summed E-state index contributed by atoms with van der Waals surface area (Å²) in [6.07, 6.45) is 0. The van der Waals surface area contributed by atoms with Crippen molar-refractivity contribution in [1.29, 1.82) is 0 Å². The average Bonchev–Trinajstić information content (AvgIpc) is 2.68. The van der Waals surface area contributed by atoms with Crippen LogP contribution in [0.15, 0.2) is 47.4 Å². The number of nitrogens with zero attached hydrogens (tertiary/aromatic N) is 2. The molecule has 28 heavy (non-hydrogen) atoms. The maximum Gasteiger partial charge on any atom is 0.262 e. The molecule has 7 nitrogen and oxygen atoms in total. The minimum Gasteiger partial charge on any atom is -0.495 e. The van der Waals surface area contributed by atoms with E-state index in [9.17, 15) is 13.2 Å². The molecule has 1 saturated heterocycles. The lowest BCUT2D eigenvalue weighted by molar-refractivity contribution is 0.0664. The van der Waals surface area contributed by atoms with E-state index < -0.39 is 10.0 Å². The third-order valence-electron chi connectivity index (χ3n) is 4.61. The van der Waals surface area contributed by atoms with E-state index in [1.54, 1.807) is 17.0 Å². The summed E-state index contributed by atoms with van der Waals surface area (Å²) in [6, 6.07) is 10.6. The van der Waals surface area contributed by atoms with Crippen molar-refractivity contribution in [2.45, 2.75) is 4.90 Å². The van der Waals surface area contributed by atoms with Gasteiger partial charge in [0.15, 0.2) is 0 Å². The first-order valence-corrected chi connectivity index (χ1v) is 10.6. The van der Waals surface area contributed by atoms with Crippen molar-refractivity contribution < 1.29 is 17.9 Å². The van der Waals surface area contributed by atoms with Crippen LogP contribution in [0.5, 0.6) is 5.75 Å². The number of anilines is 1. The Morgan fingerprint density at radius 3 is 2.32 bits per heavy atom. The summed E-state index contributed by atoms with van der Waals surface area (Å²) in [5.41, 5.74) is 0.608. The van der Waals surface area contributed by atoms with Gasteiger partial charge in [-0.15, -0.1) is 0 Å². The predicted molar refractivity (Wildman–Crippen MR) is 109 cm³/mol. The molecule has 1 aliphatic rings. The standard InChI is InChI=1S/C19H22ClN3O4S/c1-22-9-11-23(12-10-22)19(24)14-3-8-18(27-2)17(13-14)21-28(25,26)16-6-4-15(20)5-7-16/h3-8,13,21H,9-12H2,1-2H3. The van der Waals surface area contributed by atoms with Crippen LogP contribution in [-0.4, -0.2) is 64.5 Å². The Morgan fingerprint density at radius 2 is 1.71 bits per heavy atom. The molecule has 0 aromatic heterocycles. The highest BCUT2D eigenvalue weighted by Crippen LogP contribution is 2.29. The summed E-state index contributed by atoms with van der Waals surface area (Å²) in [7, 11) is -0.403. The maximum absolute atomic E-state index is 12.8. The molecule has 2 aromatic carbocycles. The van der Waals surface area contributed by atoms with Crippen LogP contribution in [0.4, 0.5) is 5.69 Å². The Morgan fingerprint density at radius 1 is 1.07 bits per heavy atom. The molecule has 150 valence electrons. The van der Waals surface area contributed by atoms with E-state index >= 15 is 0 Å². The molecule has 0 unspecified atom stereocenters. The molecule has 1 amide bonds.